The molecule has 0 aliphatic carbocycles. The predicted molar refractivity (Wildman–Crippen MR) is 125 cm³/mol. The second-order valence-electron chi connectivity index (χ2n) is 6.74. The lowest BCUT2D eigenvalue weighted by atomic mass is 10.2. The molecule has 9 heteroatoms. The third-order valence-corrected chi connectivity index (χ3v) is 7.29. The molecule has 0 unspecified atom stereocenters. The zero-order chi connectivity index (χ0) is 21.5. The highest BCUT2D eigenvalue weighted by atomic mass is 32.2. The van der Waals surface area contributed by atoms with Gasteiger partial charge in [0, 0.05) is 30.2 Å². The van der Waals surface area contributed by atoms with Crippen LogP contribution in [-0.2, 0) is 14.8 Å². The number of rotatable bonds is 7. The van der Waals surface area contributed by atoms with E-state index in [1.54, 1.807) is 24.4 Å². The molecule has 1 N–H and O–H groups in total. The molecule has 2 aromatic carbocycles. The number of benzene rings is 2. The van der Waals surface area contributed by atoms with Crippen LogP contribution < -0.4 is 5.43 Å². The molecule has 0 amide bonds. The van der Waals surface area contributed by atoms with Crippen LogP contribution in [0.5, 0.6) is 0 Å². The lowest BCUT2D eigenvalue weighted by molar-refractivity contribution is 0.0730. The lowest BCUT2D eigenvalue weighted by Crippen LogP contribution is -2.40. The first-order valence-electron chi connectivity index (χ1n) is 9.77. The summed E-state index contributed by atoms with van der Waals surface area (Å²) < 4.78 is 32.5. The van der Waals surface area contributed by atoms with Gasteiger partial charge in [-0.05, 0) is 23.8 Å². The maximum Gasteiger partial charge on any atom is 0.243 e. The summed E-state index contributed by atoms with van der Waals surface area (Å²) in [5, 5.41) is 6.65. The van der Waals surface area contributed by atoms with Gasteiger partial charge in [-0.1, -0.05) is 48.5 Å². The first-order valence-corrected chi connectivity index (χ1v) is 12.1. The van der Waals surface area contributed by atoms with Gasteiger partial charge in [0.2, 0.25) is 15.2 Å². The summed E-state index contributed by atoms with van der Waals surface area (Å²) in [4.78, 5) is 4.78. The van der Waals surface area contributed by atoms with Crippen LogP contribution in [0.2, 0.25) is 0 Å². The Morgan fingerprint density at radius 1 is 1.10 bits per heavy atom. The highest BCUT2D eigenvalue weighted by molar-refractivity contribution is 7.89. The average Bonchev–Trinajstić information content (AvgIpc) is 3.29. The quantitative estimate of drug-likeness (QED) is 0.432. The molecule has 31 heavy (non-hydrogen) atoms. The number of ether oxygens (including phenoxy) is 1. The van der Waals surface area contributed by atoms with Gasteiger partial charge in [-0.3, -0.25) is 5.43 Å². The molecule has 0 saturated carbocycles. The van der Waals surface area contributed by atoms with E-state index in [2.05, 4.69) is 15.5 Å². The van der Waals surface area contributed by atoms with E-state index < -0.39 is 10.0 Å². The van der Waals surface area contributed by atoms with Crippen LogP contribution in [0.25, 0.3) is 17.3 Å². The van der Waals surface area contributed by atoms with Crippen molar-refractivity contribution in [3.05, 3.63) is 71.6 Å². The van der Waals surface area contributed by atoms with Crippen molar-refractivity contribution in [2.24, 2.45) is 5.10 Å². The topological polar surface area (TPSA) is 83.9 Å². The Hall–Kier alpha value is -2.85. The minimum Gasteiger partial charge on any atom is -0.379 e. The molecule has 0 bridgehead atoms. The van der Waals surface area contributed by atoms with Crippen LogP contribution in [-0.4, -0.2) is 50.2 Å². The summed E-state index contributed by atoms with van der Waals surface area (Å²) in [7, 11) is -3.55. The zero-order valence-electron chi connectivity index (χ0n) is 16.7. The van der Waals surface area contributed by atoms with Gasteiger partial charge in [0.15, 0.2) is 0 Å². The molecule has 1 fully saturated rings. The molecule has 2 heterocycles. The van der Waals surface area contributed by atoms with Crippen molar-refractivity contribution < 1.29 is 13.2 Å². The molecule has 1 aliphatic heterocycles. The number of nitrogens with one attached hydrogen (secondary N) is 1. The van der Waals surface area contributed by atoms with Crippen molar-refractivity contribution in [3.8, 4) is 11.3 Å². The molecule has 0 atom stereocenters. The summed E-state index contributed by atoms with van der Waals surface area (Å²) in [6, 6.07) is 16.8. The monoisotopic (exact) mass is 454 g/mol. The fraction of sp³-hybridized carbons (Fsp3) is 0.182. The van der Waals surface area contributed by atoms with Crippen molar-refractivity contribution >= 4 is 38.8 Å². The number of sulfonamides is 1. The Labute approximate surface area is 185 Å². The van der Waals surface area contributed by atoms with E-state index in [4.69, 9.17) is 4.74 Å². The highest BCUT2D eigenvalue weighted by Gasteiger charge is 2.26. The van der Waals surface area contributed by atoms with Gasteiger partial charge in [0.1, 0.15) is 0 Å². The van der Waals surface area contributed by atoms with E-state index in [0.717, 1.165) is 11.1 Å². The minimum absolute atomic E-state index is 0.262. The number of allylic oxidation sites excluding steroid dienone is 1. The van der Waals surface area contributed by atoms with Crippen LogP contribution in [0.15, 0.2) is 76.1 Å². The molecular weight excluding hydrogens is 432 g/mol. The highest BCUT2D eigenvalue weighted by Crippen LogP contribution is 2.27. The minimum atomic E-state index is -3.55. The molecule has 1 aromatic heterocycles. The van der Waals surface area contributed by atoms with Crippen LogP contribution in [0, 0.1) is 0 Å². The van der Waals surface area contributed by atoms with Crippen molar-refractivity contribution in [3.63, 3.8) is 0 Å². The molecule has 1 saturated heterocycles. The maximum absolute atomic E-state index is 12.9. The van der Waals surface area contributed by atoms with Crippen LogP contribution in [0.4, 0.5) is 5.13 Å². The third kappa shape index (κ3) is 5.45. The number of thiazole rings is 1. The summed E-state index contributed by atoms with van der Waals surface area (Å²) in [6.45, 7) is 1.57. The number of nitrogens with zero attached hydrogens (tertiary/aromatic N) is 3. The molecule has 0 radical (unpaired) electrons. The van der Waals surface area contributed by atoms with Crippen molar-refractivity contribution in [2.75, 3.05) is 31.7 Å². The molecule has 160 valence electrons. The van der Waals surface area contributed by atoms with Crippen LogP contribution >= 0.6 is 11.3 Å². The third-order valence-electron chi connectivity index (χ3n) is 4.65. The summed E-state index contributed by atoms with van der Waals surface area (Å²) in [5.74, 6) is 0. The average molecular weight is 455 g/mol. The van der Waals surface area contributed by atoms with Crippen molar-refractivity contribution in [2.45, 2.75) is 4.90 Å². The molecule has 7 nitrogen and oxygen atoms in total. The number of hydrogen-bond donors (Lipinski definition) is 1. The summed E-state index contributed by atoms with van der Waals surface area (Å²) in [6.07, 6.45) is 5.46. The number of hydrazone groups is 1. The van der Waals surface area contributed by atoms with E-state index in [1.807, 2.05) is 53.9 Å². The van der Waals surface area contributed by atoms with Gasteiger partial charge in [-0.25, -0.2) is 13.4 Å². The maximum atomic E-state index is 12.9. The van der Waals surface area contributed by atoms with Gasteiger partial charge in [0.25, 0.3) is 0 Å². The number of hydrogen-bond acceptors (Lipinski definition) is 7. The number of anilines is 1. The number of aromatic nitrogens is 1. The Kier molecular flexibility index (Phi) is 6.88. The van der Waals surface area contributed by atoms with Gasteiger partial charge in [-0.15, -0.1) is 11.3 Å². The second kappa shape index (κ2) is 9.97. The van der Waals surface area contributed by atoms with Gasteiger partial charge < -0.3 is 4.74 Å². The van der Waals surface area contributed by atoms with E-state index in [-0.39, 0.29) is 4.90 Å². The Morgan fingerprint density at radius 2 is 1.90 bits per heavy atom. The largest absolute Gasteiger partial charge is 0.379 e. The van der Waals surface area contributed by atoms with Crippen molar-refractivity contribution in [1.82, 2.24) is 9.29 Å². The zero-order valence-corrected chi connectivity index (χ0v) is 18.3. The first kappa shape index (κ1) is 21.4. The molecule has 4 rings (SSSR count). The normalized spacial score (nSPS) is 15.6. The summed E-state index contributed by atoms with van der Waals surface area (Å²) >= 11 is 1.40. The Morgan fingerprint density at radius 3 is 2.71 bits per heavy atom. The van der Waals surface area contributed by atoms with E-state index in [9.17, 15) is 8.42 Å². The SMILES string of the molecule is O=S(=O)(c1cccc(-c2csc(NN=CC=Cc3ccccc3)n2)c1)N1CCOCC1. The lowest BCUT2D eigenvalue weighted by Gasteiger charge is -2.26. The predicted octanol–water partition coefficient (Wildman–Crippen LogP) is 3.94. The van der Waals surface area contributed by atoms with Gasteiger partial charge >= 0.3 is 0 Å². The second-order valence-corrected chi connectivity index (χ2v) is 9.54. The Bertz CT molecular complexity index is 1170. The van der Waals surface area contributed by atoms with Crippen molar-refractivity contribution in [1.29, 1.82) is 0 Å². The number of morpholine rings is 1. The summed E-state index contributed by atoms with van der Waals surface area (Å²) in [5.41, 5.74) is 5.44. The smallest absolute Gasteiger partial charge is 0.243 e. The Balaban J connectivity index is 1.42. The van der Waals surface area contributed by atoms with E-state index >= 15 is 0 Å². The molecular formula is C22H22N4O3S2. The van der Waals surface area contributed by atoms with E-state index in [0.29, 0.717) is 37.1 Å². The van der Waals surface area contributed by atoms with E-state index in [1.165, 1.54) is 15.6 Å². The molecule has 0 spiro atoms. The molecule has 1 aliphatic rings. The fourth-order valence-corrected chi connectivity index (χ4v) is 5.19. The van der Waals surface area contributed by atoms with Gasteiger partial charge in [0.05, 0.1) is 23.8 Å². The molecule has 3 aromatic rings. The fourth-order valence-electron chi connectivity index (χ4n) is 3.06. The van der Waals surface area contributed by atoms with Gasteiger partial charge in [-0.2, -0.15) is 9.41 Å². The van der Waals surface area contributed by atoms with Crippen LogP contribution in [0.1, 0.15) is 5.56 Å². The first-order chi connectivity index (χ1) is 15.1. The standard InChI is InChI=1S/C22H22N4O3S2/c27-31(28,26-12-14-29-15-13-26)20-10-4-9-19(16-20)21-17-30-22(24-21)25-23-11-5-8-18-6-2-1-3-7-18/h1-11,16-17H,12-15H2,(H,24,25). The van der Waals surface area contributed by atoms with Crippen LogP contribution in [0.3, 0.4) is 0 Å².